The Hall–Kier alpha value is -2.40. The fraction of sp³-hybridized carbons (Fsp3) is 0.350. The Morgan fingerprint density at radius 2 is 1.72 bits per heavy atom. The summed E-state index contributed by atoms with van der Waals surface area (Å²) in [4.78, 5) is 12.2. The molecule has 0 saturated carbocycles. The molecule has 5 heteroatoms. The molecular weight excluding hydrogens is 319 g/mol. The molecule has 0 unspecified atom stereocenters. The van der Waals surface area contributed by atoms with Crippen LogP contribution in [-0.4, -0.2) is 19.1 Å². The summed E-state index contributed by atoms with van der Waals surface area (Å²) in [6.45, 7) is 6.83. The second-order valence-corrected chi connectivity index (χ2v) is 6.16. The number of hydrogen-bond acceptors (Lipinski definition) is 3. The molecule has 0 aliphatic carbocycles. The molecular formula is C20H25FN2O2. The van der Waals surface area contributed by atoms with E-state index < -0.39 is 0 Å². The van der Waals surface area contributed by atoms with Gasteiger partial charge in [0.1, 0.15) is 11.6 Å². The monoisotopic (exact) mass is 344 g/mol. The Morgan fingerprint density at radius 3 is 2.28 bits per heavy atom. The van der Waals surface area contributed by atoms with E-state index in [2.05, 4.69) is 24.5 Å². The van der Waals surface area contributed by atoms with Gasteiger partial charge in [0.2, 0.25) is 5.91 Å². The number of carbonyl (C=O) groups excluding carboxylic acids is 1. The molecule has 0 radical (unpaired) electrons. The van der Waals surface area contributed by atoms with Gasteiger partial charge in [-0.1, -0.05) is 26.0 Å². The second kappa shape index (κ2) is 9.18. The van der Waals surface area contributed by atoms with Crippen LogP contribution in [0.5, 0.6) is 5.75 Å². The van der Waals surface area contributed by atoms with Crippen molar-refractivity contribution in [3.05, 3.63) is 59.9 Å². The third kappa shape index (κ3) is 5.87. The zero-order valence-corrected chi connectivity index (χ0v) is 14.9. The van der Waals surface area contributed by atoms with Crippen molar-refractivity contribution in [3.8, 4) is 5.75 Å². The van der Waals surface area contributed by atoms with Crippen molar-refractivity contribution in [1.82, 2.24) is 5.32 Å². The third-order valence-corrected chi connectivity index (χ3v) is 3.83. The molecule has 1 amide bonds. The normalized spacial score (nSPS) is 12.0. The lowest BCUT2D eigenvalue weighted by Crippen LogP contribution is -2.33. The fourth-order valence-electron chi connectivity index (χ4n) is 2.62. The molecule has 4 nitrogen and oxygen atoms in total. The average Bonchev–Trinajstić information content (AvgIpc) is 2.58. The smallest absolute Gasteiger partial charge is 0.238 e. The Labute approximate surface area is 148 Å². The van der Waals surface area contributed by atoms with Crippen LogP contribution in [0.4, 0.5) is 10.1 Å². The molecule has 134 valence electrons. The highest BCUT2D eigenvalue weighted by atomic mass is 19.1. The van der Waals surface area contributed by atoms with Crippen LogP contribution in [0, 0.1) is 11.7 Å². The van der Waals surface area contributed by atoms with E-state index in [1.165, 1.54) is 12.1 Å². The van der Waals surface area contributed by atoms with Gasteiger partial charge in [-0.25, -0.2) is 4.39 Å². The van der Waals surface area contributed by atoms with Crippen LogP contribution < -0.4 is 15.4 Å². The van der Waals surface area contributed by atoms with Crippen LogP contribution in [0.25, 0.3) is 0 Å². The van der Waals surface area contributed by atoms with Crippen LogP contribution in [0.15, 0.2) is 48.5 Å². The molecule has 1 atom stereocenters. The van der Waals surface area contributed by atoms with Crippen molar-refractivity contribution in [2.75, 3.05) is 18.5 Å². The average molecular weight is 344 g/mol. The molecule has 0 aliphatic heterocycles. The van der Waals surface area contributed by atoms with E-state index >= 15 is 0 Å². The van der Waals surface area contributed by atoms with Gasteiger partial charge in [-0.3, -0.25) is 4.79 Å². The summed E-state index contributed by atoms with van der Waals surface area (Å²) in [6, 6.07) is 13.6. The molecule has 2 aromatic rings. The van der Waals surface area contributed by atoms with Crippen molar-refractivity contribution in [1.29, 1.82) is 0 Å². The maximum absolute atomic E-state index is 13.1. The third-order valence-electron chi connectivity index (χ3n) is 3.83. The molecule has 0 heterocycles. The summed E-state index contributed by atoms with van der Waals surface area (Å²) in [5, 5.41) is 6.10. The highest BCUT2D eigenvalue weighted by molar-refractivity contribution is 5.92. The molecule has 25 heavy (non-hydrogen) atoms. The topological polar surface area (TPSA) is 50.4 Å². The molecule has 0 saturated heterocycles. The van der Waals surface area contributed by atoms with E-state index in [-0.39, 0.29) is 30.2 Å². The van der Waals surface area contributed by atoms with Crippen molar-refractivity contribution < 1.29 is 13.9 Å². The van der Waals surface area contributed by atoms with E-state index in [9.17, 15) is 9.18 Å². The van der Waals surface area contributed by atoms with Crippen LogP contribution in [0.3, 0.4) is 0 Å². The van der Waals surface area contributed by atoms with Gasteiger partial charge in [0.25, 0.3) is 0 Å². The van der Waals surface area contributed by atoms with Crippen LogP contribution in [0.1, 0.15) is 32.4 Å². The number of ether oxygens (including phenoxy) is 1. The zero-order chi connectivity index (χ0) is 18.2. The van der Waals surface area contributed by atoms with Crippen LogP contribution in [-0.2, 0) is 4.79 Å². The largest absolute Gasteiger partial charge is 0.494 e. The second-order valence-electron chi connectivity index (χ2n) is 6.16. The quantitative estimate of drug-likeness (QED) is 0.756. The zero-order valence-electron chi connectivity index (χ0n) is 14.9. The number of hydrogen-bond donors (Lipinski definition) is 2. The Bertz CT molecular complexity index is 669. The first-order valence-corrected chi connectivity index (χ1v) is 8.51. The maximum Gasteiger partial charge on any atom is 0.238 e. The molecule has 2 aromatic carbocycles. The lowest BCUT2D eigenvalue weighted by atomic mass is 9.96. The molecule has 2 N–H and O–H groups in total. The number of halogens is 1. The standard InChI is InChI=1S/C20H25FN2O2/c1-4-25-18-11-9-17(10-12-18)23-19(24)13-22-20(14(2)3)15-5-7-16(21)8-6-15/h5-12,14,20,22H,4,13H2,1-3H3,(H,23,24)/t20-/m1/s1. The van der Waals surface area contributed by atoms with Gasteiger partial charge >= 0.3 is 0 Å². The van der Waals surface area contributed by atoms with Gasteiger partial charge < -0.3 is 15.4 Å². The molecule has 0 bridgehead atoms. The minimum atomic E-state index is -0.264. The summed E-state index contributed by atoms with van der Waals surface area (Å²) >= 11 is 0. The molecule has 0 aromatic heterocycles. The number of anilines is 1. The van der Waals surface area contributed by atoms with Crippen molar-refractivity contribution >= 4 is 11.6 Å². The number of amides is 1. The van der Waals surface area contributed by atoms with Gasteiger partial charge in [0.15, 0.2) is 0 Å². The molecule has 2 rings (SSSR count). The van der Waals surface area contributed by atoms with E-state index in [0.29, 0.717) is 6.61 Å². The summed E-state index contributed by atoms with van der Waals surface area (Å²) in [7, 11) is 0. The summed E-state index contributed by atoms with van der Waals surface area (Å²) in [5.41, 5.74) is 1.68. The molecule has 0 fully saturated rings. The summed E-state index contributed by atoms with van der Waals surface area (Å²) in [5.74, 6) is 0.648. The molecule has 0 spiro atoms. The SMILES string of the molecule is CCOc1ccc(NC(=O)CN[C@@H](c2ccc(F)cc2)C(C)C)cc1. The van der Waals surface area contributed by atoms with Crippen LogP contribution >= 0.6 is 0 Å². The van der Waals surface area contributed by atoms with Crippen molar-refractivity contribution in [3.63, 3.8) is 0 Å². The van der Waals surface area contributed by atoms with Gasteiger partial charge in [-0.15, -0.1) is 0 Å². The number of rotatable bonds is 8. The van der Waals surface area contributed by atoms with Crippen molar-refractivity contribution in [2.45, 2.75) is 26.8 Å². The highest BCUT2D eigenvalue weighted by Crippen LogP contribution is 2.22. The van der Waals surface area contributed by atoms with Gasteiger partial charge in [-0.05, 0) is 54.8 Å². The Morgan fingerprint density at radius 1 is 1.08 bits per heavy atom. The van der Waals surface area contributed by atoms with E-state index in [1.54, 1.807) is 12.1 Å². The minimum absolute atomic E-state index is 0.0216. The first kappa shape index (κ1) is 18.9. The van der Waals surface area contributed by atoms with E-state index in [4.69, 9.17) is 4.74 Å². The molecule has 0 aliphatic rings. The predicted octanol–water partition coefficient (Wildman–Crippen LogP) is 4.15. The summed E-state index contributed by atoms with van der Waals surface area (Å²) in [6.07, 6.45) is 0. The predicted molar refractivity (Wildman–Crippen MR) is 98.2 cm³/mol. The van der Waals surface area contributed by atoms with Gasteiger partial charge in [-0.2, -0.15) is 0 Å². The Balaban J connectivity index is 1.91. The number of benzene rings is 2. The maximum atomic E-state index is 13.1. The van der Waals surface area contributed by atoms with Gasteiger partial charge in [0.05, 0.1) is 13.2 Å². The first-order chi connectivity index (χ1) is 12.0. The van der Waals surface area contributed by atoms with Gasteiger partial charge in [0, 0.05) is 11.7 Å². The number of carbonyl (C=O) groups is 1. The lowest BCUT2D eigenvalue weighted by Gasteiger charge is -2.22. The lowest BCUT2D eigenvalue weighted by molar-refractivity contribution is -0.115. The fourth-order valence-corrected chi connectivity index (χ4v) is 2.62. The highest BCUT2D eigenvalue weighted by Gasteiger charge is 2.16. The first-order valence-electron chi connectivity index (χ1n) is 8.51. The van der Waals surface area contributed by atoms with E-state index in [1.807, 2.05) is 31.2 Å². The number of nitrogens with one attached hydrogen (secondary N) is 2. The minimum Gasteiger partial charge on any atom is -0.494 e. The van der Waals surface area contributed by atoms with E-state index in [0.717, 1.165) is 17.0 Å². The van der Waals surface area contributed by atoms with Crippen molar-refractivity contribution in [2.24, 2.45) is 5.92 Å². The Kier molecular flexibility index (Phi) is 6.95. The van der Waals surface area contributed by atoms with Crippen LogP contribution in [0.2, 0.25) is 0 Å². The summed E-state index contributed by atoms with van der Waals surface area (Å²) < 4.78 is 18.5.